The van der Waals surface area contributed by atoms with Crippen molar-refractivity contribution in [2.24, 2.45) is 0 Å². The van der Waals surface area contributed by atoms with Gasteiger partial charge in [0.1, 0.15) is 0 Å². The van der Waals surface area contributed by atoms with Gasteiger partial charge in [0.05, 0.1) is 0 Å². The average molecular weight is 167 g/mol. The molecule has 0 rings (SSSR count). The molecule has 0 saturated carbocycles. The van der Waals surface area contributed by atoms with E-state index in [-0.39, 0.29) is 0 Å². The zero-order valence-electron chi connectivity index (χ0n) is 5.88. The lowest BCUT2D eigenvalue weighted by Gasteiger charge is -2.01. The Balaban J connectivity index is 4.01. The molecule has 0 amide bonds. The summed E-state index contributed by atoms with van der Waals surface area (Å²) in [5.41, 5.74) is 2.49. The Morgan fingerprint density at radius 2 is 1.67 bits per heavy atom. The second kappa shape index (κ2) is 5.13. The smallest absolute Gasteiger partial charge is 0.0447 e. The average Bonchev–Trinajstić information content (AvgIpc) is 1.90. The molecule has 0 aromatic rings. The van der Waals surface area contributed by atoms with Gasteiger partial charge < -0.3 is 0 Å². The molecule has 0 spiro atoms. The number of hydrogen-bond acceptors (Lipinski definition) is 0. The van der Waals surface area contributed by atoms with Gasteiger partial charge in [0.15, 0.2) is 0 Å². The molecule has 0 nitrogen and oxygen atoms in total. The zero-order chi connectivity index (χ0) is 7.28. The highest BCUT2D eigenvalue weighted by Gasteiger charge is 1.96. The van der Waals surface area contributed by atoms with Gasteiger partial charge in [-0.25, -0.2) is 0 Å². The largest absolute Gasteiger partial charge is 0.122 e. The van der Waals surface area contributed by atoms with Crippen LogP contribution < -0.4 is 0 Å². The van der Waals surface area contributed by atoms with E-state index in [0.29, 0.717) is 11.8 Å². The molecule has 54 valence electrons. The first-order valence-corrected chi connectivity index (χ1v) is 4.12. The van der Waals surface area contributed by atoms with Crippen molar-refractivity contribution < 1.29 is 0 Å². The van der Waals surface area contributed by atoms with Crippen LogP contribution in [0.3, 0.4) is 0 Å². The Hall–Kier alpha value is 0.320. The van der Waals surface area contributed by atoms with Crippen LogP contribution in [0.2, 0.25) is 0 Å². The van der Waals surface area contributed by atoms with Crippen LogP contribution in [0, 0.1) is 0 Å². The van der Waals surface area contributed by atoms with Gasteiger partial charge in [0.25, 0.3) is 0 Å². The van der Waals surface area contributed by atoms with Gasteiger partial charge in [-0.3, -0.25) is 0 Å². The van der Waals surface area contributed by atoms with Crippen LogP contribution in [0.5, 0.6) is 0 Å². The van der Waals surface area contributed by atoms with Crippen LogP contribution in [-0.4, -0.2) is 11.8 Å². The highest BCUT2D eigenvalue weighted by atomic mass is 35.5. The first kappa shape index (κ1) is 9.32. The number of alkyl halides is 2. The molecule has 0 aliphatic heterocycles. The van der Waals surface area contributed by atoms with Crippen molar-refractivity contribution in [1.29, 1.82) is 0 Å². The lowest BCUT2D eigenvalue weighted by Crippen LogP contribution is -1.90. The van der Waals surface area contributed by atoms with Crippen molar-refractivity contribution >= 4 is 23.2 Å². The number of rotatable bonds is 3. The number of allylic oxidation sites excluding steroid dienone is 2. The molecule has 0 aromatic carbocycles. The fourth-order valence-electron chi connectivity index (χ4n) is 0.514. The Labute approximate surface area is 66.8 Å². The Morgan fingerprint density at radius 1 is 1.22 bits per heavy atom. The summed E-state index contributed by atoms with van der Waals surface area (Å²) in [5.74, 6) is 1.15. The third-order valence-corrected chi connectivity index (χ3v) is 2.10. The molecule has 9 heavy (non-hydrogen) atoms. The maximum Gasteiger partial charge on any atom is 0.0447 e. The van der Waals surface area contributed by atoms with Crippen molar-refractivity contribution in [1.82, 2.24) is 0 Å². The minimum Gasteiger partial charge on any atom is -0.122 e. The topological polar surface area (TPSA) is 0 Å². The summed E-state index contributed by atoms with van der Waals surface area (Å²) in [4.78, 5) is 0. The number of halogens is 2. The molecule has 0 aromatic heterocycles. The standard InChI is InChI=1S/C7H12Cl2/c1-3-6(2)7(4-8)5-9/h3-5H2,1-2H3. The van der Waals surface area contributed by atoms with Gasteiger partial charge in [-0.05, 0) is 18.9 Å². The van der Waals surface area contributed by atoms with Gasteiger partial charge in [0.2, 0.25) is 0 Å². The molecule has 0 unspecified atom stereocenters. The lowest BCUT2D eigenvalue weighted by atomic mass is 10.1. The maximum atomic E-state index is 5.60. The van der Waals surface area contributed by atoms with Crippen LogP contribution in [0.1, 0.15) is 20.3 Å². The van der Waals surface area contributed by atoms with Crippen LogP contribution in [0.15, 0.2) is 11.1 Å². The Kier molecular flexibility index (Phi) is 5.31. The van der Waals surface area contributed by atoms with Gasteiger partial charge >= 0.3 is 0 Å². The normalized spacial score (nSPS) is 9.33. The first-order valence-electron chi connectivity index (χ1n) is 3.05. The summed E-state index contributed by atoms with van der Waals surface area (Å²) < 4.78 is 0. The van der Waals surface area contributed by atoms with E-state index in [2.05, 4.69) is 13.8 Å². The molecule has 0 bridgehead atoms. The maximum absolute atomic E-state index is 5.60. The van der Waals surface area contributed by atoms with E-state index in [1.54, 1.807) is 0 Å². The number of hydrogen-bond donors (Lipinski definition) is 0. The minimum absolute atomic E-state index is 0.573. The molecule has 0 saturated heterocycles. The van der Waals surface area contributed by atoms with Crippen molar-refractivity contribution in [3.8, 4) is 0 Å². The van der Waals surface area contributed by atoms with E-state index < -0.39 is 0 Å². The van der Waals surface area contributed by atoms with Crippen LogP contribution >= 0.6 is 23.2 Å². The lowest BCUT2D eigenvalue weighted by molar-refractivity contribution is 1.06. The highest BCUT2D eigenvalue weighted by Crippen LogP contribution is 2.10. The van der Waals surface area contributed by atoms with Gasteiger partial charge in [0, 0.05) is 11.8 Å². The van der Waals surface area contributed by atoms with Crippen molar-refractivity contribution in [2.75, 3.05) is 11.8 Å². The predicted octanol–water partition coefficient (Wildman–Crippen LogP) is 3.19. The molecule has 0 atom stereocenters. The van der Waals surface area contributed by atoms with E-state index in [4.69, 9.17) is 23.2 Å². The van der Waals surface area contributed by atoms with Gasteiger partial charge in [-0.2, -0.15) is 0 Å². The predicted molar refractivity (Wildman–Crippen MR) is 44.4 cm³/mol. The third-order valence-electron chi connectivity index (χ3n) is 1.46. The van der Waals surface area contributed by atoms with Crippen molar-refractivity contribution in [2.45, 2.75) is 20.3 Å². The summed E-state index contributed by atoms with van der Waals surface area (Å²) in [6, 6.07) is 0. The second-order valence-corrected chi connectivity index (χ2v) is 2.54. The fourth-order valence-corrected chi connectivity index (χ4v) is 1.26. The highest BCUT2D eigenvalue weighted by molar-refractivity contribution is 6.23. The van der Waals surface area contributed by atoms with E-state index >= 15 is 0 Å². The summed E-state index contributed by atoms with van der Waals surface area (Å²) >= 11 is 11.2. The molecule has 0 heterocycles. The molecule has 2 heteroatoms. The minimum atomic E-state index is 0.573. The quantitative estimate of drug-likeness (QED) is 0.447. The molecule has 0 N–H and O–H groups in total. The second-order valence-electron chi connectivity index (χ2n) is 2.00. The van der Waals surface area contributed by atoms with E-state index in [0.717, 1.165) is 6.42 Å². The summed E-state index contributed by atoms with van der Waals surface area (Å²) in [7, 11) is 0. The summed E-state index contributed by atoms with van der Waals surface area (Å²) in [6.45, 7) is 4.18. The van der Waals surface area contributed by atoms with Gasteiger partial charge in [-0.1, -0.05) is 12.5 Å². The summed E-state index contributed by atoms with van der Waals surface area (Å²) in [6.07, 6.45) is 1.05. The van der Waals surface area contributed by atoms with Crippen LogP contribution in [0.25, 0.3) is 0 Å². The fraction of sp³-hybridized carbons (Fsp3) is 0.714. The van der Waals surface area contributed by atoms with Gasteiger partial charge in [-0.15, -0.1) is 23.2 Å². The third kappa shape index (κ3) is 3.12. The van der Waals surface area contributed by atoms with Crippen LogP contribution in [-0.2, 0) is 0 Å². The van der Waals surface area contributed by atoms with Crippen LogP contribution in [0.4, 0.5) is 0 Å². The van der Waals surface area contributed by atoms with Crippen molar-refractivity contribution in [3.05, 3.63) is 11.1 Å². The first-order chi connectivity index (χ1) is 4.26. The zero-order valence-corrected chi connectivity index (χ0v) is 7.39. The molecule has 0 aliphatic carbocycles. The Morgan fingerprint density at radius 3 is 1.78 bits per heavy atom. The molecule has 0 radical (unpaired) electrons. The molecular formula is C7H12Cl2. The van der Waals surface area contributed by atoms with Crippen molar-refractivity contribution in [3.63, 3.8) is 0 Å². The van der Waals surface area contributed by atoms with E-state index in [1.807, 2.05) is 0 Å². The SMILES string of the molecule is CCC(C)=C(CCl)CCl. The molecule has 0 fully saturated rings. The Bertz CT molecular complexity index is 99.5. The molecule has 0 aliphatic rings. The monoisotopic (exact) mass is 166 g/mol. The van der Waals surface area contributed by atoms with E-state index in [1.165, 1.54) is 11.1 Å². The van der Waals surface area contributed by atoms with E-state index in [9.17, 15) is 0 Å². The summed E-state index contributed by atoms with van der Waals surface area (Å²) in [5, 5.41) is 0. The molecular weight excluding hydrogens is 155 g/mol.